The summed E-state index contributed by atoms with van der Waals surface area (Å²) in [6, 6.07) is 14.6. The highest BCUT2D eigenvalue weighted by molar-refractivity contribution is 8.00. The van der Waals surface area contributed by atoms with Crippen molar-refractivity contribution in [2.45, 2.75) is 43.1 Å². The second-order valence-corrected chi connectivity index (χ2v) is 8.67. The number of carbonyl (C=O) groups excluding carboxylic acids is 1. The molecular formula is C22H24ClN5O2S. The summed E-state index contributed by atoms with van der Waals surface area (Å²) in [5.41, 5.74) is 5.13. The van der Waals surface area contributed by atoms with Crippen molar-refractivity contribution >= 4 is 35.0 Å². The lowest BCUT2D eigenvalue weighted by molar-refractivity contribution is -0.116. The number of nitrogens with zero attached hydrogens (tertiary/aromatic N) is 3. The molecule has 2 heterocycles. The van der Waals surface area contributed by atoms with Gasteiger partial charge in [0, 0.05) is 17.1 Å². The first kappa shape index (κ1) is 21.5. The highest BCUT2D eigenvalue weighted by Crippen LogP contribution is 2.38. The van der Waals surface area contributed by atoms with Crippen LogP contribution in [0.3, 0.4) is 0 Å². The molecule has 2 aromatic carbocycles. The third-order valence-corrected chi connectivity index (χ3v) is 6.36. The van der Waals surface area contributed by atoms with E-state index in [2.05, 4.69) is 27.9 Å². The van der Waals surface area contributed by atoms with Crippen molar-refractivity contribution in [3.8, 4) is 5.75 Å². The average molecular weight is 458 g/mol. The Morgan fingerprint density at radius 2 is 1.90 bits per heavy atom. The molecule has 4 rings (SSSR count). The molecule has 9 heteroatoms. The lowest BCUT2D eigenvalue weighted by Crippen LogP contribution is -2.41. The number of amides is 1. The first-order valence-electron chi connectivity index (χ1n) is 10.3. The molecular weight excluding hydrogens is 434 g/mol. The van der Waals surface area contributed by atoms with Gasteiger partial charge >= 0.3 is 0 Å². The van der Waals surface area contributed by atoms with Crippen LogP contribution >= 0.6 is 23.4 Å². The summed E-state index contributed by atoms with van der Waals surface area (Å²) in [6.45, 7) is 4.63. The van der Waals surface area contributed by atoms with Crippen LogP contribution in [0.25, 0.3) is 0 Å². The number of benzene rings is 2. The van der Waals surface area contributed by atoms with Crippen molar-refractivity contribution in [3.05, 3.63) is 64.9 Å². The number of aromatic nitrogens is 3. The predicted molar refractivity (Wildman–Crippen MR) is 123 cm³/mol. The lowest BCUT2D eigenvalue weighted by Gasteiger charge is -2.33. The molecule has 0 saturated carbocycles. The van der Waals surface area contributed by atoms with Crippen LogP contribution in [0.2, 0.25) is 5.02 Å². The Morgan fingerprint density at radius 1 is 1.16 bits per heavy atom. The van der Waals surface area contributed by atoms with Gasteiger partial charge in [-0.05, 0) is 55.3 Å². The number of ether oxygens (including phenoxy) is 1. The van der Waals surface area contributed by atoms with Crippen molar-refractivity contribution in [2.24, 2.45) is 0 Å². The highest BCUT2D eigenvalue weighted by Gasteiger charge is 2.37. The summed E-state index contributed by atoms with van der Waals surface area (Å²) >= 11 is 7.49. The van der Waals surface area contributed by atoms with Crippen LogP contribution in [-0.2, 0) is 11.2 Å². The Bertz CT molecular complexity index is 1040. The molecule has 3 aromatic rings. The van der Waals surface area contributed by atoms with Crippen molar-refractivity contribution in [1.82, 2.24) is 14.9 Å². The van der Waals surface area contributed by atoms with Gasteiger partial charge in [-0.2, -0.15) is 0 Å². The monoisotopic (exact) mass is 457 g/mol. The fourth-order valence-electron chi connectivity index (χ4n) is 3.42. The van der Waals surface area contributed by atoms with Crippen LogP contribution in [0, 0.1) is 0 Å². The van der Waals surface area contributed by atoms with Gasteiger partial charge in [-0.1, -0.05) is 42.4 Å². The van der Waals surface area contributed by atoms with E-state index in [-0.39, 0.29) is 11.9 Å². The Labute approximate surface area is 190 Å². The van der Waals surface area contributed by atoms with Gasteiger partial charge in [-0.25, -0.2) is 4.68 Å². The maximum Gasteiger partial charge on any atom is 0.240 e. The Balaban J connectivity index is 1.60. The molecule has 0 unspecified atom stereocenters. The van der Waals surface area contributed by atoms with Crippen molar-refractivity contribution in [3.63, 3.8) is 0 Å². The quantitative estimate of drug-likeness (QED) is 0.536. The molecule has 7 nitrogen and oxygen atoms in total. The summed E-state index contributed by atoms with van der Waals surface area (Å²) in [7, 11) is 0. The number of fused-ring (bicyclic) bond motifs is 1. The lowest BCUT2D eigenvalue weighted by atomic mass is 10.0. The van der Waals surface area contributed by atoms with E-state index in [0.29, 0.717) is 22.5 Å². The van der Waals surface area contributed by atoms with Gasteiger partial charge in [0.2, 0.25) is 11.1 Å². The molecule has 1 aliphatic rings. The van der Waals surface area contributed by atoms with Gasteiger partial charge < -0.3 is 15.5 Å². The maximum absolute atomic E-state index is 13.3. The fourth-order valence-corrected chi connectivity index (χ4v) is 4.64. The Kier molecular flexibility index (Phi) is 6.67. The zero-order valence-electron chi connectivity index (χ0n) is 17.3. The van der Waals surface area contributed by atoms with E-state index in [1.54, 1.807) is 0 Å². The van der Waals surface area contributed by atoms with Crippen LogP contribution in [0.15, 0.2) is 53.7 Å². The van der Waals surface area contributed by atoms with E-state index < -0.39 is 5.25 Å². The third-order valence-electron chi connectivity index (χ3n) is 4.90. The van der Waals surface area contributed by atoms with E-state index in [9.17, 15) is 4.79 Å². The van der Waals surface area contributed by atoms with Gasteiger partial charge in [0.05, 0.1) is 12.6 Å². The van der Waals surface area contributed by atoms with Crippen LogP contribution in [-0.4, -0.2) is 32.6 Å². The molecule has 0 aliphatic carbocycles. The van der Waals surface area contributed by atoms with Gasteiger partial charge in [0.15, 0.2) is 5.82 Å². The number of hydrogen-bond acceptors (Lipinski definition) is 6. The third kappa shape index (κ3) is 4.80. The first-order chi connectivity index (χ1) is 15.1. The maximum atomic E-state index is 13.3. The molecule has 1 amide bonds. The number of aryl methyl sites for hydroxylation is 1. The molecule has 2 N–H and O–H groups in total. The van der Waals surface area contributed by atoms with E-state index in [4.69, 9.17) is 16.3 Å². The minimum Gasteiger partial charge on any atom is -0.494 e. The zero-order chi connectivity index (χ0) is 21.8. The minimum absolute atomic E-state index is 0.118. The van der Waals surface area contributed by atoms with Crippen LogP contribution in [0.4, 0.5) is 5.69 Å². The van der Waals surface area contributed by atoms with Crippen LogP contribution < -0.4 is 15.5 Å². The van der Waals surface area contributed by atoms with Crippen molar-refractivity contribution in [1.29, 1.82) is 0 Å². The molecule has 0 spiro atoms. The summed E-state index contributed by atoms with van der Waals surface area (Å²) in [5, 5.41) is 12.5. The number of anilines is 1. The zero-order valence-corrected chi connectivity index (χ0v) is 18.9. The number of carbonyl (C=O) groups is 1. The SMILES string of the molecule is CCCc1nnc2n1N[C@H](c1ccc(Cl)cc1)[C@H](C(=O)Nc1ccc(OCC)cc1)S2. The largest absolute Gasteiger partial charge is 0.494 e. The fraction of sp³-hybridized carbons (Fsp3) is 0.318. The van der Waals surface area contributed by atoms with Gasteiger partial charge in [0.1, 0.15) is 11.0 Å². The smallest absolute Gasteiger partial charge is 0.240 e. The topological polar surface area (TPSA) is 81.1 Å². The normalized spacial score (nSPS) is 17.5. The predicted octanol–water partition coefficient (Wildman–Crippen LogP) is 4.68. The summed E-state index contributed by atoms with van der Waals surface area (Å²) < 4.78 is 7.37. The first-order valence-corrected chi connectivity index (χ1v) is 11.5. The van der Waals surface area contributed by atoms with E-state index in [1.165, 1.54) is 11.8 Å². The average Bonchev–Trinajstić information content (AvgIpc) is 3.17. The number of thioether (sulfide) groups is 1. The van der Waals surface area contributed by atoms with Crippen molar-refractivity contribution in [2.75, 3.05) is 17.3 Å². The molecule has 0 radical (unpaired) electrons. The molecule has 0 fully saturated rings. The second kappa shape index (κ2) is 9.62. The Morgan fingerprint density at radius 3 is 2.58 bits per heavy atom. The van der Waals surface area contributed by atoms with Crippen LogP contribution in [0.1, 0.15) is 37.7 Å². The molecule has 1 aromatic heterocycles. The number of nitrogens with one attached hydrogen (secondary N) is 2. The minimum atomic E-state index is -0.445. The summed E-state index contributed by atoms with van der Waals surface area (Å²) in [4.78, 5) is 13.3. The highest BCUT2D eigenvalue weighted by atomic mass is 35.5. The Hall–Kier alpha value is -2.71. The number of rotatable bonds is 7. The number of hydrogen-bond donors (Lipinski definition) is 2. The van der Waals surface area contributed by atoms with Crippen LogP contribution in [0.5, 0.6) is 5.75 Å². The summed E-state index contributed by atoms with van der Waals surface area (Å²) in [5.74, 6) is 1.51. The number of halogens is 1. The molecule has 162 valence electrons. The summed E-state index contributed by atoms with van der Waals surface area (Å²) in [6.07, 6.45) is 1.76. The standard InChI is InChI=1S/C22H24ClN5O2S/c1-3-5-18-25-26-22-28(18)27-19(14-6-8-15(23)9-7-14)20(31-22)21(29)24-16-10-12-17(13-11-16)30-4-2/h6-13,19-20,27H,3-5H2,1-2H3,(H,24,29)/t19-,20-/m1/s1. The molecule has 2 atom stereocenters. The molecule has 0 saturated heterocycles. The van der Waals surface area contributed by atoms with E-state index >= 15 is 0 Å². The van der Waals surface area contributed by atoms with Gasteiger partial charge in [0.25, 0.3) is 0 Å². The molecule has 1 aliphatic heterocycles. The second-order valence-electron chi connectivity index (χ2n) is 7.13. The van der Waals surface area contributed by atoms with E-state index in [1.807, 2.05) is 60.1 Å². The van der Waals surface area contributed by atoms with Crippen molar-refractivity contribution < 1.29 is 9.53 Å². The van der Waals surface area contributed by atoms with Gasteiger partial charge in [-0.15, -0.1) is 10.2 Å². The molecule has 31 heavy (non-hydrogen) atoms. The molecule has 0 bridgehead atoms. The van der Waals surface area contributed by atoms with E-state index in [0.717, 1.165) is 30.0 Å². The van der Waals surface area contributed by atoms with Gasteiger partial charge in [-0.3, -0.25) is 4.79 Å².